The van der Waals surface area contributed by atoms with Gasteiger partial charge in [0.1, 0.15) is 6.04 Å². The fourth-order valence-electron chi connectivity index (χ4n) is 1.50. The number of amides is 1. The zero-order valence-corrected chi connectivity index (χ0v) is 11.6. The molecule has 1 amide bonds. The van der Waals surface area contributed by atoms with Gasteiger partial charge in [-0.1, -0.05) is 6.07 Å². The summed E-state index contributed by atoms with van der Waals surface area (Å²) in [5.41, 5.74) is 0.0390. The highest BCUT2D eigenvalue weighted by Gasteiger charge is 2.20. The number of carbonyl (C=O) groups is 2. The molecule has 0 aliphatic heterocycles. The van der Waals surface area contributed by atoms with E-state index in [0.717, 1.165) is 6.26 Å². The molecule has 1 rings (SSSR count). The second kappa shape index (κ2) is 6.49. The number of aliphatic hydroxyl groups is 1. The first kappa shape index (κ1) is 16.1. The van der Waals surface area contributed by atoms with Gasteiger partial charge in [-0.15, -0.1) is 0 Å². The van der Waals surface area contributed by atoms with Crippen molar-refractivity contribution in [2.75, 3.05) is 12.9 Å². The van der Waals surface area contributed by atoms with Crippen LogP contribution in [0.4, 0.5) is 0 Å². The number of nitrogens with one attached hydrogen (secondary N) is 1. The average Bonchev–Trinajstić information content (AvgIpc) is 2.37. The quantitative estimate of drug-likeness (QED) is 0.660. The van der Waals surface area contributed by atoms with E-state index in [2.05, 4.69) is 5.32 Å². The Morgan fingerprint density at radius 2 is 2.00 bits per heavy atom. The van der Waals surface area contributed by atoms with Crippen LogP contribution < -0.4 is 5.32 Å². The summed E-state index contributed by atoms with van der Waals surface area (Å²) in [6.07, 6.45) is 0.878. The molecule has 8 heteroatoms. The van der Waals surface area contributed by atoms with E-state index in [9.17, 15) is 18.0 Å². The van der Waals surface area contributed by atoms with Crippen LogP contribution in [0, 0.1) is 0 Å². The van der Waals surface area contributed by atoms with Crippen molar-refractivity contribution in [3.8, 4) is 0 Å². The van der Waals surface area contributed by atoms with Gasteiger partial charge in [-0.3, -0.25) is 4.79 Å². The van der Waals surface area contributed by atoms with E-state index in [4.69, 9.17) is 10.2 Å². The number of carboxylic acid groups (broad SMARTS) is 1. The Kier molecular flexibility index (Phi) is 5.23. The highest BCUT2D eigenvalue weighted by atomic mass is 32.2. The zero-order chi connectivity index (χ0) is 15.3. The van der Waals surface area contributed by atoms with Crippen LogP contribution in [0.15, 0.2) is 29.2 Å². The summed E-state index contributed by atoms with van der Waals surface area (Å²) >= 11 is 0. The number of rotatable bonds is 6. The molecule has 0 aliphatic rings. The van der Waals surface area contributed by atoms with Crippen LogP contribution in [0.3, 0.4) is 0 Å². The van der Waals surface area contributed by atoms with Crippen LogP contribution in [-0.4, -0.2) is 49.4 Å². The molecule has 0 saturated carbocycles. The van der Waals surface area contributed by atoms with Crippen molar-refractivity contribution < 1.29 is 28.2 Å². The Morgan fingerprint density at radius 1 is 1.35 bits per heavy atom. The molecule has 20 heavy (non-hydrogen) atoms. The third kappa shape index (κ3) is 4.32. The largest absolute Gasteiger partial charge is 0.480 e. The van der Waals surface area contributed by atoms with E-state index in [1.165, 1.54) is 24.3 Å². The van der Waals surface area contributed by atoms with Crippen molar-refractivity contribution in [1.82, 2.24) is 5.32 Å². The van der Waals surface area contributed by atoms with E-state index in [0.29, 0.717) is 0 Å². The van der Waals surface area contributed by atoms with Crippen LogP contribution in [-0.2, 0) is 14.6 Å². The SMILES string of the molecule is CS(=O)(=O)c1cccc(C(=O)N[C@H](CCO)C(=O)O)c1. The van der Waals surface area contributed by atoms with Crippen LogP contribution >= 0.6 is 0 Å². The predicted molar refractivity (Wildman–Crippen MR) is 70.1 cm³/mol. The molecular weight excluding hydrogens is 286 g/mol. The Balaban J connectivity index is 2.95. The molecule has 0 unspecified atom stereocenters. The molecule has 1 aromatic carbocycles. The van der Waals surface area contributed by atoms with E-state index in [1.54, 1.807) is 0 Å². The summed E-state index contributed by atoms with van der Waals surface area (Å²) in [5.74, 6) is -1.98. The summed E-state index contributed by atoms with van der Waals surface area (Å²) in [6.45, 7) is -0.388. The fraction of sp³-hybridized carbons (Fsp3) is 0.333. The molecule has 0 fully saturated rings. The van der Waals surface area contributed by atoms with Gasteiger partial charge in [0.25, 0.3) is 5.91 Å². The molecule has 1 aromatic rings. The summed E-state index contributed by atoms with van der Waals surface area (Å²) in [4.78, 5) is 22.7. The molecule has 0 heterocycles. The lowest BCUT2D eigenvalue weighted by Crippen LogP contribution is -2.41. The lowest BCUT2D eigenvalue weighted by molar-refractivity contribution is -0.139. The van der Waals surface area contributed by atoms with Crippen molar-refractivity contribution >= 4 is 21.7 Å². The van der Waals surface area contributed by atoms with E-state index in [1.807, 2.05) is 0 Å². The summed E-state index contributed by atoms with van der Waals surface area (Å²) in [7, 11) is -3.45. The third-order valence-electron chi connectivity index (χ3n) is 2.55. The van der Waals surface area contributed by atoms with Crippen LogP contribution in [0.1, 0.15) is 16.8 Å². The Bertz CT molecular complexity index is 610. The molecular formula is C12H15NO6S. The van der Waals surface area contributed by atoms with Gasteiger partial charge in [-0.05, 0) is 18.2 Å². The Hall–Kier alpha value is -1.93. The van der Waals surface area contributed by atoms with E-state index in [-0.39, 0.29) is 23.5 Å². The number of sulfone groups is 1. The first-order valence-electron chi connectivity index (χ1n) is 5.70. The molecule has 0 saturated heterocycles. The van der Waals surface area contributed by atoms with Crippen molar-refractivity contribution in [2.24, 2.45) is 0 Å². The second-order valence-corrected chi connectivity index (χ2v) is 6.19. The number of carbonyl (C=O) groups excluding carboxylic acids is 1. The van der Waals surface area contributed by atoms with Crippen molar-refractivity contribution in [1.29, 1.82) is 0 Å². The molecule has 3 N–H and O–H groups in total. The van der Waals surface area contributed by atoms with Crippen molar-refractivity contribution in [3.63, 3.8) is 0 Å². The second-order valence-electron chi connectivity index (χ2n) is 4.18. The summed E-state index contributed by atoms with van der Waals surface area (Å²) in [6, 6.07) is 4.06. The zero-order valence-electron chi connectivity index (χ0n) is 10.7. The third-order valence-corrected chi connectivity index (χ3v) is 3.66. The van der Waals surface area contributed by atoms with Gasteiger partial charge in [-0.2, -0.15) is 0 Å². The normalized spacial score (nSPS) is 12.7. The number of hydrogen-bond donors (Lipinski definition) is 3. The molecule has 110 valence electrons. The average molecular weight is 301 g/mol. The first-order chi connectivity index (χ1) is 9.25. The molecule has 0 aliphatic carbocycles. The molecule has 0 radical (unpaired) electrons. The van der Waals surface area contributed by atoms with Crippen LogP contribution in [0.2, 0.25) is 0 Å². The molecule has 0 spiro atoms. The summed E-state index contributed by atoms with van der Waals surface area (Å²) < 4.78 is 22.8. The van der Waals surface area contributed by atoms with Crippen LogP contribution in [0.25, 0.3) is 0 Å². The van der Waals surface area contributed by atoms with Gasteiger partial charge in [0.05, 0.1) is 4.90 Å². The fourth-order valence-corrected chi connectivity index (χ4v) is 2.16. The summed E-state index contributed by atoms with van der Waals surface area (Å²) in [5, 5.41) is 19.8. The Morgan fingerprint density at radius 3 is 2.50 bits per heavy atom. The van der Waals surface area contributed by atoms with Crippen molar-refractivity contribution in [2.45, 2.75) is 17.4 Å². The Labute approximate surface area is 116 Å². The number of hydrogen-bond acceptors (Lipinski definition) is 5. The van der Waals surface area contributed by atoms with Gasteiger partial charge >= 0.3 is 5.97 Å². The monoisotopic (exact) mass is 301 g/mol. The molecule has 7 nitrogen and oxygen atoms in total. The van der Waals surface area contributed by atoms with Crippen molar-refractivity contribution in [3.05, 3.63) is 29.8 Å². The van der Waals surface area contributed by atoms with Gasteiger partial charge in [0, 0.05) is 24.8 Å². The highest BCUT2D eigenvalue weighted by Crippen LogP contribution is 2.11. The molecule has 0 bridgehead atoms. The first-order valence-corrected chi connectivity index (χ1v) is 7.59. The van der Waals surface area contributed by atoms with Gasteiger partial charge in [-0.25, -0.2) is 13.2 Å². The van der Waals surface area contributed by atoms with Gasteiger partial charge in [0.15, 0.2) is 9.84 Å². The minimum Gasteiger partial charge on any atom is -0.480 e. The van der Waals surface area contributed by atoms with Gasteiger partial charge in [0.2, 0.25) is 0 Å². The maximum Gasteiger partial charge on any atom is 0.326 e. The number of aliphatic carboxylic acids is 1. The molecule has 1 atom stereocenters. The smallest absolute Gasteiger partial charge is 0.326 e. The van der Waals surface area contributed by atoms with E-state index < -0.39 is 27.8 Å². The maximum atomic E-state index is 11.9. The number of aliphatic hydroxyl groups excluding tert-OH is 1. The lowest BCUT2D eigenvalue weighted by Gasteiger charge is -2.13. The highest BCUT2D eigenvalue weighted by molar-refractivity contribution is 7.90. The topological polar surface area (TPSA) is 121 Å². The van der Waals surface area contributed by atoms with E-state index >= 15 is 0 Å². The number of benzene rings is 1. The minimum atomic E-state index is -3.45. The number of carboxylic acids is 1. The minimum absolute atomic E-state index is 0.0285. The lowest BCUT2D eigenvalue weighted by atomic mass is 10.1. The predicted octanol–water partition coefficient (Wildman–Crippen LogP) is -0.345. The van der Waals surface area contributed by atoms with Crippen LogP contribution in [0.5, 0.6) is 0 Å². The maximum absolute atomic E-state index is 11.9. The van der Waals surface area contributed by atoms with Gasteiger partial charge < -0.3 is 15.5 Å². The standard InChI is InChI=1S/C12H15NO6S/c1-20(18,19)9-4-2-3-8(7-9)11(15)13-10(5-6-14)12(16)17/h2-4,7,10,14H,5-6H2,1H3,(H,13,15)(H,16,17)/t10-/m1/s1. The molecule has 0 aromatic heterocycles.